The van der Waals surface area contributed by atoms with Crippen molar-refractivity contribution < 1.29 is 14.3 Å². The van der Waals surface area contributed by atoms with E-state index in [0.29, 0.717) is 22.5 Å². The van der Waals surface area contributed by atoms with Crippen molar-refractivity contribution >= 4 is 46.1 Å². The molecule has 3 aromatic rings. The van der Waals surface area contributed by atoms with E-state index in [-0.39, 0.29) is 11.8 Å². The maximum atomic E-state index is 12.7. The van der Waals surface area contributed by atoms with E-state index < -0.39 is 0 Å². The second-order valence-electron chi connectivity index (χ2n) is 8.94. The molecule has 9 heteroatoms. The van der Waals surface area contributed by atoms with Crippen LogP contribution in [0.1, 0.15) is 19.3 Å². The van der Waals surface area contributed by atoms with Crippen LogP contribution in [0.15, 0.2) is 36.4 Å². The summed E-state index contributed by atoms with van der Waals surface area (Å²) in [4.78, 5) is 19.9. The molecule has 5 rings (SSSR count). The van der Waals surface area contributed by atoms with E-state index in [1.54, 1.807) is 13.2 Å². The Bertz CT molecular complexity index is 1170. The van der Waals surface area contributed by atoms with Crippen LogP contribution < -0.4 is 15.0 Å². The highest BCUT2D eigenvalue weighted by Crippen LogP contribution is 2.34. The number of rotatable bonds is 6. The number of hydrogen-bond donors (Lipinski definition) is 1. The van der Waals surface area contributed by atoms with Crippen LogP contribution >= 0.6 is 23.2 Å². The predicted octanol–water partition coefficient (Wildman–Crippen LogP) is 4.71. The van der Waals surface area contributed by atoms with E-state index in [9.17, 15) is 4.79 Å². The number of aromatic nitrogens is 2. The van der Waals surface area contributed by atoms with Crippen molar-refractivity contribution in [1.29, 1.82) is 0 Å². The van der Waals surface area contributed by atoms with Gasteiger partial charge in [0.25, 0.3) is 0 Å². The minimum atomic E-state index is 0.0151. The average Bonchev–Trinajstić information content (AvgIpc) is 3.51. The third kappa shape index (κ3) is 4.69. The molecule has 1 amide bonds. The Morgan fingerprint density at radius 3 is 2.56 bits per heavy atom. The number of nitrogens with zero attached hydrogens (tertiary/aromatic N) is 3. The van der Waals surface area contributed by atoms with Gasteiger partial charge in [0, 0.05) is 43.8 Å². The second-order valence-corrected chi connectivity index (χ2v) is 9.75. The number of imidazole rings is 1. The van der Waals surface area contributed by atoms with E-state index in [1.807, 2.05) is 30.3 Å². The minimum absolute atomic E-state index is 0.0151. The lowest BCUT2D eigenvalue weighted by atomic mass is 9.96. The van der Waals surface area contributed by atoms with Gasteiger partial charge in [0.15, 0.2) is 0 Å². The van der Waals surface area contributed by atoms with Gasteiger partial charge in [-0.3, -0.25) is 9.36 Å². The van der Waals surface area contributed by atoms with Crippen molar-refractivity contribution in [2.45, 2.75) is 19.3 Å². The molecule has 2 aliphatic rings. The van der Waals surface area contributed by atoms with Crippen molar-refractivity contribution in [1.82, 2.24) is 14.9 Å². The van der Waals surface area contributed by atoms with E-state index >= 15 is 0 Å². The van der Waals surface area contributed by atoms with Crippen LogP contribution in [0.2, 0.25) is 10.0 Å². The smallest absolute Gasteiger partial charge is 0.223 e. The Morgan fingerprint density at radius 1 is 1.15 bits per heavy atom. The van der Waals surface area contributed by atoms with Crippen molar-refractivity contribution in [2.24, 2.45) is 11.8 Å². The molecule has 0 radical (unpaired) electrons. The van der Waals surface area contributed by atoms with Gasteiger partial charge in [0.1, 0.15) is 5.75 Å². The SMILES string of the molecule is COc1ccc(-n2c(N3CCC(C(=O)NCC4CCOC4)CC3)nc3cc(Cl)c(Cl)cc32)cc1. The molecule has 2 saturated heterocycles. The largest absolute Gasteiger partial charge is 0.497 e. The van der Waals surface area contributed by atoms with Gasteiger partial charge in [-0.05, 0) is 55.7 Å². The third-order valence-electron chi connectivity index (χ3n) is 6.75. The van der Waals surface area contributed by atoms with Crippen molar-refractivity contribution in [2.75, 3.05) is 44.9 Å². The Morgan fingerprint density at radius 2 is 1.88 bits per heavy atom. The molecule has 0 saturated carbocycles. The summed E-state index contributed by atoms with van der Waals surface area (Å²) in [5.74, 6) is 2.20. The number of fused-ring (bicyclic) bond motifs is 1. The van der Waals surface area contributed by atoms with Gasteiger partial charge in [-0.25, -0.2) is 4.98 Å². The summed E-state index contributed by atoms with van der Waals surface area (Å²) in [7, 11) is 1.65. The maximum Gasteiger partial charge on any atom is 0.223 e. The first kappa shape index (κ1) is 23.3. The van der Waals surface area contributed by atoms with E-state index in [4.69, 9.17) is 37.7 Å². The van der Waals surface area contributed by atoms with Gasteiger partial charge in [0.2, 0.25) is 11.9 Å². The zero-order valence-corrected chi connectivity index (χ0v) is 20.6. The number of piperidine rings is 1. The summed E-state index contributed by atoms with van der Waals surface area (Å²) < 4.78 is 12.8. The summed E-state index contributed by atoms with van der Waals surface area (Å²) in [6.07, 6.45) is 2.58. The number of hydrogen-bond acceptors (Lipinski definition) is 5. The molecular weight excluding hydrogens is 475 g/mol. The zero-order valence-electron chi connectivity index (χ0n) is 19.1. The molecular formula is C25H28Cl2N4O3. The molecule has 1 unspecified atom stereocenters. The molecule has 0 spiro atoms. The molecule has 3 heterocycles. The lowest BCUT2D eigenvalue weighted by Crippen LogP contribution is -2.42. The molecule has 1 N–H and O–H groups in total. The standard InChI is InChI=1S/C25H28Cl2N4O3/c1-33-19-4-2-18(3-5-19)31-23-13-21(27)20(26)12-22(23)29-25(31)30-9-6-17(7-10-30)24(32)28-14-16-8-11-34-15-16/h2-5,12-13,16-17H,6-11,14-15H2,1H3,(H,28,32). The Kier molecular flexibility index (Phi) is 6.86. The topological polar surface area (TPSA) is 68.6 Å². The highest BCUT2D eigenvalue weighted by molar-refractivity contribution is 6.42. The molecule has 0 aliphatic carbocycles. The van der Waals surface area contributed by atoms with Gasteiger partial charge in [-0.2, -0.15) is 0 Å². The summed E-state index contributed by atoms with van der Waals surface area (Å²) in [5, 5.41) is 4.09. The van der Waals surface area contributed by atoms with Gasteiger partial charge >= 0.3 is 0 Å². The average molecular weight is 503 g/mol. The first-order valence-corrected chi connectivity index (χ1v) is 12.4. The van der Waals surface area contributed by atoms with Crippen LogP contribution in [-0.2, 0) is 9.53 Å². The quantitative estimate of drug-likeness (QED) is 0.528. The van der Waals surface area contributed by atoms with Gasteiger partial charge in [0.05, 0.1) is 34.8 Å². The van der Waals surface area contributed by atoms with Gasteiger partial charge < -0.3 is 19.7 Å². The van der Waals surface area contributed by atoms with E-state index in [1.165, 1.54) is 0 Å². The summed E-state index contributed by atoms with van der Waals surface area (Å²) in [6, 6.07) is 11.5. The molecule has 180 valence electrons. The summed E-state index contributed by atoms with van der Waals surface area (Å²) in [5.41, 5.74) is 2.61. The van der Waals surface area contributed by atoms with Crippen LogP contribution in [0.4, 0.5) is 5.95 Å². The minimum Gasteiger partial charge on any atom is -0.497 e. The van der Waals surface area contributed by atoms with Crippen molar-refractivity contribution in [3.05, 3.63) is 46.4 Å². The fourth-order valence-corrected chi connectivity index (χ4v) is 5.05. The Hall–Kier alpha value is -2.48. The Labute approximate surface area is 208 Å². The number of carbonyl (C=O) groups is 1. The van der Waals surface area contributed by atoms with Gasteiger partial charge in [-0.1, -0.05) is 23.2 Å². The molecule has 2 fully saturated rings. The van der Waals surface area contributed by atoms with E-state index in [2.05, 4.69) is 14.8 Å². The molecule has 7 nitrogen and oxygen atoms in total. The van der Waals surface area contributed by atoms with Crippen LogP contribution in [0.5, 0.6) is 5.75 Å². The van der Waals surface area contributed by atoms with Crippen LogP contribution in [0, 0.1) is 11.8 Å². The number of amides is 1. The number of benzene rings is 2. The first-order chi connectivity index (χ1) is 16.5. The summed E-state index contributed by atoms with van der Waals surface area (Å²) >= 11 is 12.6. The monoisotopic (exact) mass is 502 g/mol. The number of nitrogens with one attached hydrogen (secondary N) is 1. The molecule has 2 aliphatic heterocycles. The van der Waals surface area contributed by atoms with Gasteiger partial charge in [-0.15, -0.1) is 0 Å². The van der Waals surface area contributed by atoms with Crippen molar-refractivity contribution in [3.63, 3.8) is 0 Å². The molecule has 1 atom stereocenters. The Balaban J connectivity index is 1.37. The lowest BCUT2D eigenvalue weighted by molar-refractivity contribution is -0.125. The predicted molar refractivity (Wildman–Crippen MR) is 135 cm³/mol. The fourth-order valence-electron chi connectivity index (χ4n) is 4.73. The number of carbonyl (C=O) groups excluding carboxylic acids is 1. The lowest BCUT2D eigenvalue weighted by Gasteiger charge is -2.32. The molecule has 1 aromatic heterocycles. The molecule has 2 aromatic carbocycles. The highest BCUT2D eigenvalue weighted by Gasteiger charge is 2.29. The maximum absolute atomic E-state index is 12.7. The normalized spacial score (nSPS) is 19.0. The first-order valence-electron chi connectivity index (χ1n) is 11.7. The number of anilines is 1. The highest BCUT2D eigenvalue weighted by atomic mass is 35.5. The van der Waals surface area contributed by atoms with E-state index in [0.717, 1.165) is 74.0 Å². The summed E-state index contributed by atoms with van der Waals surface area (Å²) in [6.45, 7) is 3.73. The molecule has 0 bridgehead atoms. The number of ether oxygens (including phenoxy) is 2. The zero-order chi connectivity index (χ0) is 23.7. The third-order valence-corrected chi connectivity index (χ3v) is 7.47. The van der Waals surface area contributed by atoms with Crippen molar-refractivity contribution in [3.8, 4) is 11.4 Å². The van der Waals surface area contributed by atoms with Crippen LogP contribution in [0.25, 0.3) is 16.7 Å². The van der Waals surface area contributed by atoms with Crippen LogP contribution in [0.3, 0.4) is 0 Å². The fraction of sp³-hybridized carbons (Fsp3) is 0.440. The van der Waals surface area contributed by atoms with Crippen LogP contribution in [-0.4, -0.2) is 55.4 Å². The number of halogens is 2. The second kappa shape index (κ2) is 10.0. The molecule has 34 heavy (non-hydrogen) atoms. The number of methoxy groups -OCH3 is 1.